The molecule has 0 amide bonds. The van der Waals surface area contributed by atoms with E-state index in [1.165, 1.54) is 24.2 Å². The van der Waals surface area contributed by atoms with Gasteiger partial charge in [-0.05, 0) is 31.9 Å². The fourth-order valence-corrected chi connectivity index (χ4v) is 3.98. The minimum Gasteiger partial charge on any atom is -0.463 e. The van der Waals surface area contributed by atoms with Gasteiger partial charge in [-0.25, -0.2) is 4.79 Å². The summed E-state index contributed by atoms with van der Waals surface area (Å²) in [7, 11) is 0. The SMILES string of the molecule is CCOC(=O)/C=C/C1(Sc2ccccc2)CCCCC1. The average Bonchev–Trinajstić information content (AvgIpc) is 2.48. The summed E-state index contributed by atoms with van der Waals surface area (Å²) in [6.07, 6.45) is 9.70. The zero-order chi connectivity index (χ0) is 14.3. The summed E-state index contributed by atoms with van der Waals surface area (Å²) in [4.78, 5) is 12.8. The van der Waals surface area contributed by atoms with Crippen molar-refractivity contribution >= 4 is 17.7 Å². The zero-order valence-electron chi connectivity index (χ0n) is 12.0. The normalized spacial score (nSPS) is 18.1. The molecule has 1 aromatic rings. The molecule has 0 atom stereocenters. The minimum absolute atomic E-state index is 0.0480. The zero-order valence-corrected chi connectivity index (χ0v) is 12.8. The highest BCUT2D eigenvalue weighted by atomic mass is 32.2. The highest BCUT2D eigenvalue weighted by Crippen LogP contribution is 2.44. The van der Waals surface area contributed by atoms with E-state index in [4.69, 9.17) is 4.74 Å². The van der Waals surface area contributed by atoms with Gasteiger partial charge >= 0.3 is 5.97 Å². The van der Waals surface area contributed by atoms with Crippen LogP contribution in [0.3, 0.4) is 0 Å². The number of hydrogen-bond acceptors (Lipinski definition) is 3. The topological polar surface area (TPSA) is 26.3 Å². The van der Waals surface area contributed by atoms with Gasteiger partial charge in [0.1, 0.15) is 0 Å². The lowest BCUT2D eigenvalue weighted by atomic mass is 9.88. The Morgan fingerprint density at radius 2 is 1.95 bits per heavy atom. The fourth-order valence-electron chi connectivity index (χ4n) is 2.59. The van der Waals surface area contributed by atoms with Crippen molar-refractivity contribution in [1.29, 1.82) is 0 Å². The van der Waals surface area contributed by atoms with Crippen LogP contribution in [0.2, 0.25) is 0 Å². The van der Waals surface area contributed by atoms with Crippen molar-refractivity contribution in [3.63, 3.8) is 0 Å². The molecule has 0 N–H and O–H groups in total. The maximum atomic E-state index is 11.6. The maximum Gasteiger partial charge on any atom is 0.330 e. The summed E-state index contributed by atoms with van der Waals surface area (Å²) in [6.45, 7) is 2.27. The van der Waals surface area contributed by atoms with Crippen LogP contribution >= 0.6 is 11.8 Å². The molecule has 0 saturated heterocycles. The van der Waals surface area contributed by atoms with Gasteiger partial charge in [0, 0.05) is 15.7 Å². The molecule has 0 bridgehead atoms. The van der Waals surface area contributed by atoms with Crippen LogP contribution in [0.1, 0.15) is 39.0 Å². The molecule has 108 valence electrons. The third-order valence-corrected chi connectivity index (χ3v) is 5.03. The van der Waals surface area contributed by atoms with Crippen molar-refractivity contribution < 1.29 is 9.53 Å². The number of esters is 1. The maximum absolute atomic E-state index is 11.6. The van der Waals surface area contributed by atoms with Crippen molar-refractivity contribution in [2.45, 2.75) is 48.7 Å². The van der Waals surface area contributed by atoms with Crippen LogP contribution in [0, 0.1) is 0 Å². The van der Waals surface area contributed by atoms with Crippen molar-refractivity contribution in [2.75, 3.05) is 6.61 Å². The molecule has 20 heavy (non-hydrogen) atoms. The van der Waals surface area contributed by atoms with Gasteiger partial charge in [-0.3, -0.25) is 0 Å². The summed E-state index contributed by atoms with van der Waals surface area (Å²) in [6, 6.07) is 10.4. The largest absolute Gasteiger partial charge is 0.463 e. The molecule has 1 aliphatic carbocycles. The molecule has 1 saturated carbocycles. The van der Waals surface area contributed by atoms with Gasteiger partial charge in [0.25, 0.3) is 0 Å². The Kier molecular flexibility index (Phi) is 5.72. The monoisotopic (exact) mass is 290 g/mol. The lowest BCUT2D eigenvalue weighted by Crippen LogP contribution is -2.25. The van der Waals surface area contributed by atoms with Crippen molar-refractivity contribution in [3.05, 3.63) is 42.5 Å². The second-order valence-corrected chi connectivity index (χ2v) is 6.61. The van der Waals surface area contributed by atoms with Gasteiger partial charge in [-0.15, -0.1) is 11.8 Å². The Hall–Kier alpha value is -1.22. The number of carbonyl (C=O) groups is 1. The van der Waals surface area contributed by atoms with Crippen LogP contribution in [0.25, 0.3) is 0 Å². The molecule has 1 fully saturated rings. The van der Waals surface area contributed by atoms with Crippen molar-refractivity contribution in [3.8, 4) is 0 Å². The first-order valence-electron chi connectivity index (χ1n) is 7.34. The molecule has 0 heterocycles. The Bertz CT molecular complexity index is 447. The van der Waals surface area contributed by atoms with Crippen LogP contribution in [0.5, 0.6) is 0 Å². The van der Waals surface area contributed by atoms with Gasteiger partial charge in [0.15, 0.2) is 0 Å². The molecule has 1 aliphatic rings. The fraction of sp³-hybridized carbons (Fsp3) is 0.471. The Morgan fingerprint density at radius 1 is 1.25 bits per heavy atom. The first kappa shape index (κ1) is 15.2. The minimum atomic E-state index is -0.230. The third kappa shape index (κ3) is 4.41. The molecule has 0 spiro atoms. The molecular formula is C17H22O2S. The second kappa shape index (κ2) is 7.53. The molecule has 0 radical (unpaired) electrons. The summed E-state index contributed by atoms with van der Waals surface area (Å²) in [5.74, 6) is -0.230. The molecule has 3 heteroatoms. The van der Waals surface area contributed by atoms with E-state index in [1.807, 2.05) is 24.8 Å². The van der Waals surface area contributed by atoms with Gasteiger partial charge in [0.05, 0.1) is 6.61 Å². The molecule has 0 aromatic heterocycles. The average molecular weight is 290 g/mol. The van der Waals surface area contributed by atoms with Crippen LogP contribution in [-0.2, 0) is 9.53 Å². The van der Waals surface area contributed by atoms with Crippen molar-refractivity contribution in [2.24, 2.45) is 0 Å². The summed E-state index contributed by atoms with van der Waals surface area (Å²) in [5, 5.41) is 0. The number of rotatable bonds is 5. The molecule has 2 rings (SSSR count). The highest BCUT2D eigenvalue weighted by Gasteiger charge is 2.30. The van der Waals surface area contributed by atoms with Gasteiger partial charge in [0.2, 0.25) is 0 Å². The summed E-state index contributed by atoms with van der Waals surface area (Å²) in [5.41, 5.74) is 0. The lowest BCUT2D eigenvalue weighted by Gasteiger charge is -2.34. The number of hydrogen-bond donors (Lipinski definition) is 0. The highest BCUT2D eigenvalue weighted by molar-refractivity contribution is 8.00. The number of ether oxygens (including phenoxy) is 1. The van der Waals surface area contributed by atoms with Gasteiger partial charge < -0.3 is 4.74 Å². The third-order valence-electron chi connectivity index (χ3n) is 3.57. The number of thioether (sulfide) groups is 1. The van der Waals surface area contributed by atoms with E-state index in [0.29, 0.717) is 6.61 Å². The molecule has 0 aliphatic heterocycles. The first-order chi connectivity index (χ1) is 9.74. The Balaban J connectivity index is 2.11. The second-order valence-electron chi connectivity index (χ2n) is 5.13. The van der Waals surface area contributed by atoms with Crippen LogP contribution in [0.15, 0.2) is 47.4 Å². The number of benzene rings is 1. The van der Waals surface area contributed by atoms with Gasteiger partial charge in [-0.1, -0.05) is 43.5 Å². The molecule has 0 unspecified atom stereocenters. The molecular weight excluding hydrogens is 268 g/mol. The summed E-state index contributed by atoms with van der Waals surface area (Å²) >= 11 is 1.88. The van der Waals surface area contributed by atoms with E-state index in [-0.39, 0.29) is 10.7 Å². The van der Waals surface area contributed by atoms with Crippen LogP contribution < -0.4 is 0 Å². The van der Waals surface area contributed by atoms with Crippen molar-refractivity contribution in [1.82, 2.24) is 0 Å². The lowest BCUT2D eigenvalue weighted by molar-refractivity contribution is -0.137. The Morgan fingerprint density at radius 3 is 2.60 bits per heavy atom. The predicted octanol–water partition coefficient (Wildman–Crippen LogP) is 4.60. The molecule has 2 nitrogen and oxygen atoms in total. The van der Waals surface area contributed by atoms with Crippen LogP contribution in [0.4, 0.5) is 0 Å². The van der Waals surface area contributed by atoms with Crippen LogP contribution in [-0.4, -0.2) is 17.3 Å². The Labute approximate surface area is 125 Å². The van der Waals surface area contributed by atoms with E-state index in [0.717, 1.165) is 12.8 Å². The van der Waals surface area contributed by atoms with Gasteiger partial charge in [-0.2, -0.15) is 0 Å². The van der Waals surface area contributed by atoms with E-state index >= 15 is 0 Å². The van der Waals surface area contributed by atoms with E-state index in [2.05, 4.69) is 30.3 Å². The number of carbonyl (C=O) groups excluding carboxylic acids is 1. The van der Waals surface area contributed by atoms with E-state index < -0.39 is 0 Å². The van der Waals surface area contributed by atoms with E-state index in [9.17, 15) is 4.79 Å². The summed E-state index contributed by atoms with van der Waals surface area (Å²) < 4.78 is 5.04. The standard InChI is InChI=1S/C17H22O2S/c1-2-19-16(18)11-14-17(12-7-4-8-13-17)20-15-9-5-3-6-10-15/h3,5-6,9-11,14H,2,4,7-8,12-13H2,1H3/b14-11+. The smallest absolute Gasteiger partial charge is 0.330 e. The quantitative estimate of drug-likeness (QED) is 0.585. The van der Waals surface area contributed by atoms with E-state index in [1.54, 1.807) is 6.08 Å². The molecule has 1 aromatic carbocycles. The predicted molar refractivity (Wildman–Crippen MR) is 83.9 cm³/mol. The first-order valence-corrected chi connectivity index (χ1v) is 8.16.